The van der Waals surface area contributed by atoms with Crippen molar-refractivity contribution in [2.75, 3.05) is 43.9 Å². The molecule has 0 saturated carbocycles. The number of anilines is 3. The molecule has 2 aliphatic rings. The lowest BCUT2D eigenvalue weighted by Gasteiger charge is -2.39. The minimum absolute atomic E-state index is 0.147. The molecule has 0 aliphatic carbocycles. The number of thiazole rings is 1. The molecule has 2 aliphatic heterocycles. The molecule has 2 atom stereocenters. The third-order valence-electron chi connectivity index (χ3n) is 5.87. The van der Waals surface area contributed by atoms with Crippen LogP contribution in [0.25, 0.3) is 0 Å². The molecule has 33 heavy (non-hydrogen) atoms. The van der Waals surface area contributed by atoms with Gasteiger partial charge in [0, 0.05) is 41.5 Å². The largest absolute Gasteiger partial charge is 0.371 e. The highest BCUT2D eigenvalue weighted by atomic mass is 35.5. The highest BCUT2D eigenvalue weighted by Crippen LogP contribution is 2.47. The lowest BCUT2D eigenvalue weighted by Crippen LogP contribution is -2.50. The van der Waals surface area contributed by atoms with Crippen molar-refractivity contribution in [3.05, 3.63) is 57.1 Å². The van der Waals surface area contributed by atoms with E-state index in [1.807, 2.05) is 28.5 Å². The van der Waals surface area contributed by atoms with Gasteiger partial charge in [0.15, 0.2) is 11.4 Å². The maximum atomic E-state index is 10.7. The van der Waals surface area contributed by atoms with Crippen LogP contribution in [-0.4, -0.2) is 58.2 Å². The van der Waals surface area contributed by atoms with Crippen LogP contribution in [0, 0.1) is 11.8 Å². The van der Waals surface area contributed by atoms with Crippen molar-refractivity contribution in [2.45, 2.75) is 18.1 Å². The van der Waals surface area contributed by atoms with Gasteiger partial charge in [-0.25, -0.2) is 9.97 Å². The lowest BCUT2D eigenvalue weighted by atomic mass is 9.93. The van der Waals surface area contributed by atoms with Gasteiger partial charge in [0.2, 0.25) is 5.95 Å². The van der Waals surface area contributed by atoms with Crippen LogP contribution in [0.2, 0.25) is 5.02 Å². The van der Waals surface area contributed by atoms with Crippen LogP contribution >= 0.6 is 22.9 Å². The predicted molar refractivity (Wildman–Crippen MR) is 129 cm³/mol. The second-order valence-electron chi connectivity index (χ2n) is 8.46. The summed E-state index contributed by atoms with van der Waals surface area (Å²) in [5.74, 6) is 6.72. The van der Waals surface area contributed by atoms with E-state index in [4.69, 9.17) is 22.1 Å². The van der Waals surface area contributed by atoms with Gasteiger partial charge in [0.1, 0.15) is 15.6 Å². The van der Waals surface area contributed by atoms with E-state index in [0.717, 1.165) is 29.9 Å². The molecule has 3 aromatic rings. The number of ether oxygens (including phenoxy) is 1. The average Bonchev–Trinajstić information content (AvgIpc) is 3.42. The molecule has 1 saturated heterocycles. The van der Waals surface area contributed by atoms with Gasteiger partial charge in [-0.1, -0.05) is 29.5 Å². The van der Waals surface area contributed by atoms with E-state index in [1.165, 1.54) is 17.5 Å². The number of hydrogen-bond donors (Lipinski definition) is 2. The highest BCUT2D eigenvalue weighted by Gasteiger charge is 2.47. The number of hydrogen-bond acceptors (Lipinski definition) is 9. The van der Waals surface area contributed by atoms with Crippen LogP contribution in [0.3, 0.4) is 0 Å². The molecule has 1 spiro atoms. The molecule has 0 amide bonds. The molecule has 4 heterocycles. The van der Waals surface area contributed by atoms with Crippen LogP contribution in [0.5, 0.6) is 0 Å². The minimum Gasteiger partial charge on any atom is -0.371 e. The molecule has 10 heteroatoms. The van der Waals surface area contributed by atoms with Crippen LogP contribution in [0.4, 0.5) is 17.5 Å². The first-order chi connectivity index (χ1) is 15.8. The van der Waals surface area contributed by atoms with Gasteiger partial charge in [-0.3, -0.25) is 0 Å². The number of aliphatic hydroxyl groups is 1. The van der Waals surface area contributed by atoms with Gasteiger partial charge in [-0.05, 0) is 26.1 Å². The van der Waals surface area contributed by atoms with E-state index < -0.39 is 11.2 Å². The minimum atomic E-state index is -1.34. The number of fused-ring (bicyclic) bond motifs is 2. The Kier molecular flexibility index (Phi) is 5.51. The maximum absolute atomic E-state index is 10.7. The zero-order valence-electron chi connectivity index (χ0n) is 18.2. The number of benzene rings is 1. The van der Waals surface area contributed by atoms with E-state index >= 15 is 0 Å². The highest BCUT2D eigenvalue weighted by molar-refractivity contribution is 7.09. The summed E-state index contributed by atoms with van der Waals surface area (Å²) in [5, 5.41) is 13.5. The Hall–Kier alpha value is -2.74. The third-order valence-corrected chi connectivity index (χ3v) is 7.12. The van der Waals surface area contributed by atoms with Crippen molar-refractivity contribution in [1.82, 2.24) is 19.9 Å². The Balaban J connectivity index is 1.59. The molecule has 170 valence electrons. The normalized spacial score (nSPS) is 22.0. The quantitative estimate of drug-likeness (QED) is 0.538. The molecule has 0 radical (unpaired) electrons. The summed E-state index contributed by atoms with van der Waals surface area (Å²) in [4.78, 5) is 16.9. The summed E-state index contributed by atoms with van der Waals surface area (Å²) in [5.41, 5.74) is 6.69. The van der Waals surface area contributed by atoms with E-state index in [0.29, 0.717) is 29.0 Å². The number of likely N-dealkylation sites (N-methyl/N-ethyl adjacent to an activating group) is 1. The summed E-state index contributed by atoms with van der Waals surface area (Å²) >= 11 is 7.84. The third kappa shape index (κ3) is 4.05. The van der Waals surface area contributed by atoms with Gasteiger partial charge in [-0.15, -0.1) is 11.3 Å². The second-order valence-corrected chi connectivity index (χ2v) is 9.76. The molecule has 3 N–H and O–H groups in total. The summed E-state index contributed by atoms with van der Waals surface area (Å²) in [7, 11) is 2.09. The SMILES string of the molecule is CN1CCOC2(C1)CN(c1nc(N)ncc1Cl)c1cc(C#C[C@@](C)(O)c3nccs3)ccc12. The van der Waals surface area contributed by atoms with Gasteiger partial charge in [0.25, 0.3) is 0 Å². The second kappa shape index (κ2) is 8.24. The first kappa shape index (κ1) is 22.1. The molecule has 1 unspecified atom stereocenters. The van der Waals surface area contributed by atoms with E-state index in [-0.39, 0.29) is 5.95 Å². The van der Waals surface area contributed by atoms with E-state index in [1.54, 1.807) is 13.1 Å². The van der Waals surface area contributed by atoms with E-state index in [9.17, 15) is 5.11 Å². The molecule has 0 bridgehead atoms. The van der Waals surface area contributed by atoms with Gasteiger partial charge >= 0.3 is 0 Å². The van der Waals surface area contributed by atoms with Gasteiger partial charge in [0.05, 0.1) is 19.3 Å². The fraction of sp³-hybridized carbons (Fsp3) is 0.348. The molecular weight excluding hydrogens is 460 g/mol. The number of nitrogens with zero attached hydrogens (tertiary/aromatic N) is 5. The molecule has 1 fully saturated rings. The number of nitrogen functional groups attached to an aromatic ring is 1. The Labute approximate surface area is 201 Å². The zero-order chi connectivity index (χ0) is 23.2. The summed E-state index contributed by atoms with van der Waals surface area (Å²) < 4.78 is 6.36. The number of rotatable bonds is 2. The molecule has 8 nitrogen and oxygen atoms in total. The lowest BCUT2D eigenvalue weighted by molar-refractivity contribution is -0.0970. The Morgan fingerprint density at radius 2 is 2.18 bits per heavy atom. The van der Waals surface area contributed by atoms with Crippen molar-refractivity contribution >= 4 is 40.4 Å². The van der Waals surface area contributed by atoms with E-state index in [2.05, 4.69) is 38.7 Å². The number of aromatic nitrogens is 3. The fourth-order valence-corrected chi connectivity index (χ4v) is 5.17. The first-order valence-corrected chi connectivity index (χ1v) is 11.7. The van der Waals surface area contributed by atoms with Crippen LogP contribution in [-0.2, 0) is 15.9 Å². The number of morpholine rings is 1. The van der Waals surface area contributed by atoms with Crippen molar-refractivity contribution in [2.24, 2.45) is 0 Å². The van der Waals surface area contributed by atoms with Crippen molar-refractivity contribution in [3.63, 3.8) is 0 Å². The van der Waals surface area contributed by atoms with Crippen molar-refractivity contribution in [1.29, 1.82) is 0 Å². The predicted octanol–water partition coefficient (Wildman–Crippen LogP) is 2.74. The summed E-state index contributed by atoms with van der Waals surface area (Å²) in [6.07, 6.45) is 3.16. The topological polar surface area (TPSA) is 101 Å². The zero-order valence-corrected chi connectivity index (χ0v) is 19.8. The smallest absolute Gasteiger partial charge is 0.222 e. The van der Waals surface area contributed by atoms with Gasteiger partial charge < -0.3 is 25.4 Å². The fourth-order valence-electron chi connectivity index (χ4n) is 4.32. The molecule has 2 aromatic heterocycles. The van der Waals surface area contributed by atoms with Gasteiger partial charge in [-0.2, -0.15) is 4.98 Å². The van der Waals surface area contributed by atoms with Crippen LogP contribution < -0.4 is 10.6 Å². The molecule has 1 aromatic carbocycles. The molecular formula is C23H23ClN6O2S. The Morgan fingerprint density at radius 3 is 2.94 bits per heavy atom. The average molecular weight is 483 g/mol. The monoisotopic (exact) mass is 482 g/mol. The summed E-state index contributed by atoms with van der Waals surface area (Å²) in [6.45, 7) is 4.41. The number of nitrogens with two attached hydrogens (primary N) is 1. The Bertz CT molecular complexity index is 1260. The summed E-state index contributed by atoms with van der Waals surface area (Å²) in [6, 6.07) is 5.96. The van der Waals surface area contributed by atoms with Crippen LogP contribution in [0.15, 0.2) is 36.0 Å². The number of halogens is 1. The van der Waals surface area contributed by atoms with Crippen molar-refractivity contribution < 1.29 is 9.84 Å². The Morgan fingerprint density at radius 1 is 1.33 bits per heavy atom. The van der Waals surface area contributed by atoms with Crippen molar-refractivity contribution in [3.8, 4) is 11.8 Å². The molecule has 5 rings (SSSR count). The maximum Gasteiger partial charge on any atom is 0.222 e. The standard InChI is InChI=1S/C23H23ClN6O2S/c1-22(31,20-26-7-10-33-20)6-5-15-3-4-16-18(11-15)30(19-17(24)12-27-21(25)28-19)14-23(16)13-29(2)8-9-32-23/h3-4,7,10-12,31H,8-9,13-14H2,1-2H3,(H2,25,27,28)/t22-,23?/m1/s1. The first-order valence-electron chi connectivity index (χ1n) is 10.5. The van der Waals surface area contributed by atoms with Crippen LogP contribution in [0.1, 0.15) is 23.1 Å².